The summed E-state index contributed by atoms with van der Waals surface area (Å²) in [6, 6.07) is 6.85. The van der Waals surface area contributed by atoms with Crippen LogP contribution in [0.15, 0.2) is 24.3 Å². The van der Waals surface area contributed by atoms with E-state index in [9.17, 15) is 9.59 Å². The van der Waals surface area contributed by atoms with Crippen LogP contribution in [0.2, 0.25) is 0 Å². The first-order valence-electron chi connectivity index (χ1n) is 6.83. The van der Waals surface area contributed by atoms with Crippen LogP contribution in [0.25, 0.3) is 0 Å². The predicted molar refractivity (Wildman–Crippen MR) is 74.4 cm³/mol. The lowest BCUT2D eigenvalue weighted by molar-refractivity contribution is -0.678. The van der Waals surface area contributed by atoms with E-state index in [4.69, 9.17) is 4.74 Å². The molecule has 0 radical (unpaired) electrons. The van der Waals surface area contributed by atoms with E-state index in [1.807, 2.05) is 12.2 Å². The molecule has 0 bridgehead atoms. The molecule has 1 fully saturated rings. The fraction of sp³-hybridized carbons (Fsp3) is 0.429. The van der Waals surface area contributed by atoms with Gasteiger partial charge in [0.05, 0.1) is 26.1 Å². The van der Waals surface area contributed by atoms with Gasteiger partial charge in [0.25, 0.3) is 5.91 Å². The number of amides is 2. The Morgan fingerprint density at radius 2 is 2.20 bits per heavy atom. The number of quaternary nitrogens is 1. The molecule has 1 heterocycles. The maximum absolute atomic E-state index is 11.9. The van der Waals surface area contributed by atoms with Crippen LogP contribution < -0.4 is 20.7 Å². The standard InChI is InChI=1S/C14H19N3O3/c1-2-20-11-5-3-10(4-6-11)17-13(18)9-12-14(19)16-8-7-15-12/h3-6,12,15H,2,7-9H2,1H3,(H,16,19)(H,17,18)/p+1/t12-/m1/s1. The number of nitrogens with two attached hydrogens (primary N) is 1. The van der Waals surface area contributed by atoms with Crippen LogP contribution in [0.5, 0.6) is 5.75 Å². The molecular weight excluding hydrogens is 258 g/mol. The van der Waals surface area contributed by atoms with Gasteiger partial charge in [0.15, 0.2) is 6.04 Å². The zero-order valence-electron chi connectivity index (χ0n) is 11.5. The average molecular weight is 278 g/mol. The Morgan fingerprint density at radius 3 is 2.85 bits per heavy atom. The lowest BCUT2D eigenvalue weighted by Crippen LogP contribution is -2.96. The number of piperazine rings is 1. The molecule has 20 heavy (non-hydrogen) atoms. The molecule has 4 N–H and O–H groups in total. The average Bonchev–Trinajstić information content (AvgIpc) is 2.44. The molecule has 2 rings (SSSR count). The molecule has 1 aliphatic heterocycles. The lowest BCUT2D eigenvalue weighted by atomic mass is 10.1. The molecule has 0 aliphatic carbocycles. The molecule has 1 aliphatic rings. The van der Waals surface area contributed by atoms with Gasteiger partial charge in [-0.05, 0) is 31.2 Å². The first-order chi connectivity index (χ1) is 9.69. The van der Waals surface area contributed by atoms with Gasteiger partial charge in [-0.1, -0.05) is 0 Å². The van der Waals surface area contributed by atoms with E-state index in [1.165, 1.54) is 0 Å². The van der Waals surface area contributed by atoms with E-state index in [2.05, 4.69) is 10.6 Å². The second kappa shape index (κ2) is 6.91. The summed E-state index contributed by atoms with van der Waals surface area (Å²) >= 11 is 0. The van der Waals surface area contributed by atoms with E-state index in [1.54, 1.807) is 24.3 Å². The molecular formula is C14H20N3O3+. The SMILES string of the molecule is CCOc1ccc(NC(=O)C[C@H]2[NH2+]CCNC2=O)cc1. The molecule has 1 aromatic carbocycles. The van der Waals surface area contributed by atoms with Crippen molar-refractivity contribution in [3.63, 3.8) is 0 Å². The first kappa shape index (κ1) is 14.3. The highest BCUT2D eigenvalue weighted by atomic mass is 16.5. The van der Waals surface area contributed by atoms with Crippen LogP contribution in [0.1, 0.15) is 13.3 Å². The van der Waals surface area contributed by atoms with Crippen molar-refractivity contribution < 1.29 is 19.6 Å². The number of rotatable bonds is 5. The summed E-state index contributed by atoms with van der Waals surface area (Å²) in [6.07, 6.45) is 0.180. The summed E-state index contributed by atoms with van der Waals surface area (Å²) in [6.45, 7) is 4.00. The molecule has 1 aromatic rings. The Balaban J connectivity index is 1.85. The van der Waals surface area contributed by atoms with Crippen molar-refractivity contribution in [2.24, 2.45) is 0 Å². The van der Waals surface area contributed by atoms with E-state index in [0.717, 1.165) is 12.3 Å². The molecule has 6 nitrogen and oxygen atoms in total. The highest BCUT2D eigenvalue weighted by molar-refractivity contribution is 5.94. The Hall–Kier alpha value is -2.08. The number of anilines is 1. The van der Waals surface area contributed by atoms with Crippen LogP contribution in [0, 0.1) is 0 Å². The molecule has 1 saturated heterocycles. The topological polar surface area (TPSA) is 84.0 Å². The van der Waals surface area contributed by atoms with Gasteiger partial charge in [0.1, 0.15) is 5.75 Å². The largest absolute Gasteiger partial charge is 0.494 e. The minimum absolute atomic E-state index is 0.0712. The summed E-state index contributed by atoms with van der Waals surface area (Å²) in [5, 5.41) is 7.44. The molecule has 108 valence electrons. The number of carbonyl (C=O) groups is 2. The Kier molecular flexibility index (Phi) is 4.95. The van der Waals surface area contributed by atoms with Crippen molar-refractivity contribution in [2.45, 2.75) is 19.4 Å². The highest BCUT2D eigenvalue weighted by Crippen LogP contribution is 2.15. The number of hydrogen-bond donors (Lipinski definition) is 3. The Morgan fingerprint density at radius 1 is 1.45 bits per heavy atom. The number of benzene rings is 1. The van der Waals surface area contributed by atoms with Gasteiger partial charge in [-0.25, -0.2) is 0 Å². The molecule has 0 saturated carbocycles. The van der Waals surface area contributed by atoms with E-state index in [0.29, 0.717) is 18.8 Å². The van der Waals surface area contributed by atoms with Crippen molar-refractivity contribution in [3.05, 3.63) is 24.3 Å². The fourth-order valence-electron chi connectivity index (χ4n) is 2.11. The van der Waals surface area contributed by atoms with E-state index < -0.39 is 0 Å². The van der Waals surface area contributed by atoms with Gasteiger partial charge in [-0.15, -0.1) is 0 Å². The third-order valence-corrected chi connectivity index (χ3v) is 3.09. The molecule has 2 amide bonds. The van der Waals surface area contributed by atoms with Gasteiger partial charge < -0.3 is 20.7 Å². The van der Waals surface area contributed by atoms with E-state index >= 15 is 0 Å². The fourth-order valence-corrected chi connectivity index (χ4v) is 2.11. The van der Waals surface area contributed by atoms with Gasteiger partial charge in [-0.2, -0.15) is 0 Å². The molecule has 0 unspecified atom stereocenters. The zero-order chi connectivity index (χ0) is 14.4. The lowest BCUT2D eigenvalue weighted by Gasteiger charge is -2.19. The van der Waals surface area contributed by atoms with Crippen LogP contribution >= 0.6 is 0 Å². The van der Waals surface area contributed by atoms with Gasteiger partial charge in [0.2, 0.25) is 5.91 Å². The van der Waals surface area contributed by atoms with Crippen LogP contribution in [-0.2, 0) is 9.59 Å². The Bertz CT molecular complexity index is 473. The third kappa shape index (κ3) is 3.96. The van der Waals surface area contributed by atoms with Crippen molar-refractivity contribution in [1.29, 1.82) is 0 Å². The molecule has 6 heteroatoms. The normalized spacial score (nSPS) is 18.2. The quantitative estimate of drug-likeness (QED) is 0.677. The molecule has 0 aromatic heterocycles. The van der Waals surface area contributed by atoms with Gasteiger partial charge >= 0.3 is 0 Å². The second-order valence-electron chi connectivity index (χ2n) is 4.63. The third-order valence-electron chi connectivity index (χ3n) is 3.09. The summed E-state index contributed by atoms with van der Waals surface area (Å²) in [5.41, 5.74) is 0.703. The van der Waals surface area contributed by atoms with Crippen molar-refractivity contribution >= 4 is 17.5 Å². The highest BCUT2D eigenvalue weighted by Gasteiger charge is 2.27. The summed E-state index contributed by atoms with van der Waals surface area (Å²) < 4.78 is 5.33. The van der Waals surface area contributed by atoms with Crippen molar-refractivity contribution in [3.8, 4) is 5.75 Å². The smallest absolute Gasteiger partial charge is 0.278 e. The number of hydrogen-bond acceptors (Lipinski definition) is 3. The van der Waals surface area contributed by atoms with Crippen molar-refractivity contribution in [1.82, 2.24) is 5.32 Å². The maximum atomic E-state index is 11.9. The Labute approximate surface area is 117 Å². The van der Waals surface area contributed by atoms with Crippen molar-refractivity contribution in [2.75, 3.05) is 25.0 Å². The molecule has 1 atom stereocenters. The monoisotopic (exact) mass is 278 g/mol. The summed E-state index contributed by atoms with van der Waals surface area (Å²) in [4.78, 5) is 23.5. The number of ether oxygens (including phenoxy) is 1. The summed E-state index contributed by atoms with van der Waals surface area (Å²) in [5.74, 6) is 0.538. The van der Waals surface area contributed by atoms with E-state index in [-0.39, 0.29) is 24.3 Å². The summed E-state index contributed by atoms with van der Waals surface area (Å²) in [7, 11) is 0. The number of carbonyl (C=O) groups excluding carboxylic acids is 2. The zero-order valence-corrected chi connectivity index (χ0v) is 11.5. The number of nitrogens with one attached hydrogen (secondary N) is 2. The second-order valence-corrected chi connectivity index (χ2v) is 4.63. The first-order valence-corrected chi connectivity index (χ1v) is 6.83. The van der Waals surface area contributed by atoms with Crippen LogP contribution in [0.4, 0.5) is 5.69 Å². The minimum atomic E-state index is -0.327. The van der Waals surface area contributed by atoms with Crippen LogP contribution in [0.3, 0.4) is 0 Å². The van der Waals surface area contributed by atoms with Gasteiger partial charge in [-0.3, -0.25) is 9.59 Å². The van der Waals surface area contributed by atoms with Gasteiger partial charge in [0, 0.05) is 5.69 Å². The van der Waals surface area contributed by atoms with Crippen LogP contribution in [-0.4, -0.2) is 37.6 Å². The predicted octanol–water partition coefficient (Wildman–Crippen LogP) is -0.524. The maximum Gasteiger partial charge on any atom is 0.278 e. The molecule has 0 spiro atoms. The minimum Gasteiger partial charge on any atom is -0.494 e.